The quantitative estimate of drug-likeness (QED) is 0.740. The fraction of sp³-hybridized carbons (Fsp3) is 0.222. The van der Waals surface area contributed by atoms with Crippen LogP contribution in [-0.2, 0) is 9.59 Å². The molecule has 130 valence electrons. The van der Waals surface area contributed by atoms with Gasteiger partial charge in [0.1, 0.15) is 5.84 Å². The van der Waals surface area contributed by atoms with Gasteiger partial charge >= 0.3 is 11.9 Å². The Kier molecular flexibility index (Phi) is 6.22. The van der Waals surface area contributed by atoms with Gasteiger partial charge in [-0.25, -0.2) is 9.59 Å². The highest BCUT2D eigenvalue weighted by atomic mass is 16.4. The molecule has 0 amide bonds. The number of hydrogen-bond donors (Lipinski definition) is 3. The number of hydrogen-bond acceptors (Lipinski definition) is 5. The summed E-state index contributed by atoms with van der Waals surface area (Å²) >= 11 is 0. The molecule has 0 bridgehead atoms. The molecule has 0 radical (unpaired) electrons. The summed E-state index contributed by atoms with van der Waals surface area (Å²) in [6.45, 7) is 3.06. The van der Waals surface area contributed by atoms with E-state index >= 15 is 0 Å². The summed E-state index contributed by atoms with van der Waals surface area (Å²) in [6, 6.07) is 8.27. The summed E-state index contributed by atoms with van der Waals surface area (Å²) in [4.78, 5) is 28.0. The van der Waals surface area contributed by atoms with Crippen LogP contribution in [0, 0.1) is 6.92 Å². The third kappa shape index (κ3) is 5.42. The van der Waals surface area contributed by atoms with E-state index in [9.17, 15) is 9.59 Å². The SMILES string of the molecule is Cc1c(NC2=NCCC2)ccc2cccnc12.O=C(O)C=CC(=O)O. The second-order valence-electron chi connectivity index (χ2n) is 5.38. The molecule has 1 aromatic heterocycles. The summed E-state index contributed by atoms with van der Waals surface area (Å²) in [5.41, 5.74) is 3.38. The number of fused-ring (bicyclic) bond motifs is 1. The van der Waals surface area contributed by atoms with Gasteiger partial charge in [0, 0.05) is 42.4 Å². The summed E-state index contributed by atoms with van der Waals surface area (Å²) in [5.74, 6) is -1.41. The molecule has 0 aliphatic carbocycles. The second-order valence-corrected chi connectivity index (χ2v) is 5.38. The molecule has 0 fully saturated rings. The van der Waals surface area contributed by atoms with Crippen LogP contribution in [0.25, 0.3) is 10.9 Å². The Bertz CT molecular complexity index is 827. The number of nitrogens with one attached hydrogen (secondary N) is 1. The summed E-state index contributed by atoms with van der Waals surface area (Å²) in [7, 11) is 0. The van der Waals surface area contributed by atoms with Gasteiger partial charge in [0.15, 0.2) is 0 Å². The minimum Gasteiger partial charge on any atom is -0.478 e. The van der Waals surface area contributed by atoms with E-state index in [0.29, 0.717) is 12.2 Å². The molecule has 7 nitrogen and oxygen atoms in total. The first-order valence-electron chi connectivity index (χ1n) is 7.76. The first-order valence-corrected chi connectivity index (χ1v) is 7.76. The lowest BCUT2D eigenvalue weighted by molar-refractivity contribution is -0.134. The number of aliphatic carboxylic acids is 2. The number of carbonyl (C=O) groups is 2. The Labute approximate surface area is 144 Å². The van der Waals surface area contributed by atoms with Gasteiger partial charge in [-0.2, -0.15) is 0 Å². The van der Waals surface area contributed by atoms with Gasteiger partial charge in [0.25, 0.3) is 0 Å². The Morgan fingerprint density at radius 1 is 1.16 bits per heavy atom. The number of aromatic nitrogens is 1. The van der Waals surface area contributed by atoms with Crippen molar-refractivity contribution >= 4 is 34.4 Å². The standard InChI is InChI=1S/C14H15N3.C4H4O4/c1-10-12(17-13-5-3-8-15-13)7-6-11-4-2-9-16-14(10)11;5-3(6)1-2-4(7)8/h2,4,6-7,9H,3,5,8H2,1H3,(H,15,17);1-2H,(H,5,6)(H,7,8). The zero-order valence-electron chi connectivity index (χ0n) is 13.8. The molecule has 2 aromatic rings. The number of aliphatic imine (C=N–C) groups is 1. The van der Waals surface area contributed by atoms with Crippen molar-refractivity contribution < 1.29 is 19.8 Å². The first kappa shape index (κ1) is 18.1. The van der Waals surface area contributed by atoms with Crippen molar-refractivity contribution in [2.45, 2.75) is 19.8 Å². The van der Waals surface area contributed by atoms with Gasteiger partial charge in [-0.15, -0.1) is 0 Å². The second kappa shape index (κ2) is 8.58. The van der Waals surface area contributed by atoms with E-state index in [1.807, 2.05) is 12.3 Å². The van der Waals surface area contributed by atoms with Crippen LogP contribution >= 0.6 is 0 Å². The number of pyridine rings is 1. The van der Waals surface area contributed by atoms with Crippen LogP contribution in [0.4, 0.5) is 5.69 Å². The highest BCUT2D eigenvalue weighted by Gasteiger charge is 2.09. The predicted octanol–water partition coefficient (Wildman–Crippen LogP) is 2.86. The molecule has 1 aromatic carbocycles. The van der Waals surface area contributed by atoms with Crippen LogP contribution < -0.4 is 5.32 Å². The first-order chi connectivity index (χ1) is 12.0. The normalized spacial score (nSPS) is 13.2. The van der Waals surface area contributed by atoms with E-state index in [1.54, 1.807) is 0 Å². The fourth-order valence-electron chi connectivity index (χ4n) is 2.37. The van der Waals surface area contributed by atoms with Crippen LogP contribution in [0.1, 0.15) is 18.4 Å². The van der Waals surface area contributed by atoms with Crippen molar-refractivity contribution in [2.24, 2.45) is 4.99 Å². The molecular formula is C18H19N3O4. The topological polar surface area (TPSA) is 112 Å². The van der Waals surface area contributed by atoms with Gasteiger partial charge in [-0.1, -0.05) is 12.1 Å². The average molecular weight is 341 g/mol. The van der Waals surface area contributed by atoms with E-state index in [2.05, 4.69) is 40.4 Å². The Balaban J connectivity index is 0.000000242. The molecule has 0 atom stereocenters. The molecule has 1 aliphatic heterocycles. The van der Waals surface area contributed by atoms with Gasteiger partial charge < -0.3 is 15.5 Å². The molecule has 0 unspecified atom stereocenters. The molecule has 3 rings (SSSR count). The molecule has 25 heavy (non-hydrogen) atoms. The van der Waals surface area contributed by atoms with Crippen LogP contribution in [0.15, 0.2) is 47.6 Å². The lowest BCUT2D eigenvalue weighted by atomic mass is 10.1. The Morgan fingerprint density at radius 2 is 1.88 bits per heavy atom. The van der Waals surface area contributed by atoms with Crippen LogP contribution in [0.2, 0.25) is 0 Å². The van der Waals surface area contributed by atoms with E-state index in [4.69, 9.17) is 10.2 Å². The Hall–Kier alpha value is -3.22. The number of benzene rings is 1. The molecule has 0 saturated carbocycles. The molecule has 7 heteroatoms. The van der Waals surface area contributed by atoms with Crippen molar-refractivity contribution in [3.05, 3.63) is 48.2 Å². The molecule has 0 saturated heterocycles. The van der Waals surface area contributed by atoms with Crippen LogP contribution in [0.5, 0.6) is 0 Å². The minimum atomic E-state index is -1.26. The van der Waals surface area contributed by atoms with Crippen molar-refractivity contribution in [3.8, 4) is 0 Å². The average Bonchev–Trinajstić information content (AvgIpc) is 3.09. The van der Waals surface area contributed by atoms with Gasteiger partial charge in [-0.3, -0.25) is 9.98 Å². The van der Waals surface area contributed by atoms with E-state index in [0.717, 1.165) is 36.4 Å². The largest absolute Gasteiger partial charge is 0.478 e. The molecule has 2 heterocycles. The van der Waals surface area contributed by atoms with Gasteiger partial charge in [0.05, 0.1) is 5.52 Å². The van der Waals surface area contributed by atoms with Crippen molar-refractivity contribution in [1.29, 1.82) is 0 Å². The monoisotopic (exact) mass is 341 g/mol. The minimum absolute atomic E-state index is 0.558. The van der Waals surface area contributed by atoms with Crippen LogP contribution in [0.3, 0.4) is 0 Å². The number of amidine groups is 1. The summed E-state index contributed by atoms with van der Waals surface area (Å²) in [5, 5.41) is 20.2. The van der Waals surface area contributed by atoms with E-state index in [1.165, 1.54) is 10.9 Å². The third-order valence-electron chi connectivity index (χ3n) is 3.55. The molecule has 1 aliphatic rings. The van der Waals surface area contributed by atoms with E-state index < -0.39 is 11.9 Å². The Morgan fingerprint density at radius 3 is 2.48 bits per heavy atom. The predicted molar refractivity (Wildman–Crippen MR) is 96.1 cm³/mol. The van der Waals surface area contributed by atoms with Crippen molar-refractivity contribution in [3.63, 3.8) is 0 Å². The lowest BCUT2D eigenvalue weighted by Gasteiger charge is -2.10. The summed E-state index contributed by atoms with van der Waals surface area (Å²) < 4.78 is 0. The number of carboxylic acids is 2. The van der Waals surface area contributed by atoms with E-state index in [-0.39, 0.29) is 0 Å². The summed E-state index contributed by atoms with van der Waals surface area (Å²) in [6.07, 6.45) is 5.17. The molecular weight excluding hydrogens is 322 g/mol. The number of nitrogens with zero attached hydrogens (tertiary/aromatic N) is 2. The maximum Gasteiger partial charge on any atom is 0.328 e. The zero-order chi connectivity index (χ0) is 18.2. The highest BCUT2D eigenvalue weighted by molar-refractivity contribution is 5.99. The van der Waals surface area contributed by atoms with Crippen molar-refractivity contribution in [2.75, 3.05) is 11.9 Å². The molecule has 3 N–H and O–H groups in total. The molecule has 0 spiro atoms. The fourth-order valence-corrected chi connectivity index (χ4v) is 2.37. The number of aryl methyl sites for hydroxylation is 1. The van der Waals surface area contributed by atoms with Gasteiger partial charge in [0.2, 0.25) is 0 Å². The third-order valence-corrected chi connectivity index (χ3v) is 3.55. The van der Waals surface area contributed by atoms with Crippen molar-refractivity contribution in [1.82, 2.24) is 4.98 Å². The number of anilines is 1. The maximum atomic E-state index is 9.55. The van der Waals surface area contributed by atoms with Gasteiger partial charge in [-0.05, 0) is 31.0 Å². The van der Waals surface area contributed by atoms with Crippen LogP contribution in [-0.4, -0.2) is 39.5 Å². The highest BCUT2D eigenvalue weighted by Crippen LogP contribution is 2.24. The zero-order valence-corrected chi connectivity index (χ0v) is 13.8. The lowest BCUT2D eigenvalue weighted by Crippen LogP contribution is -2.09. The maximum absolute atomic E-state index is 9.55. The number of rotatable bonds is 3. The smallest absolute Gasteiger partial charge is 0.328 e. The number of carboxylic acid groups (broad SMARTS) is 2.